The van der Waals surface area contributed by atoms with Crippen molar-refractivity contribution in [3.05, 3.63) is 34.9 Å². The number of halogens is 1. The summed E-state index contributed by atoms with van der Waals surface area (Å²) in [5.74, 6) is 1.97. The molecule has 1 aromatic rings. The fraction of sp³-hybridized carbons (Fsp3) is 0.533. The molecule has 0 amide bonds. The molecule has 2 N–H and O–H groups in total. The summed E-state index contributed by atoms with van der Waals surface area (Å²) in [7, 11) is 1.81. The van der Waals surface area contributed by atoms with Crippen molar-refractivity contribution in [3.8, 4) is 0 Å². The van der Waals surface area contributed by atoms with Crippen LogP contribution in [0.2, 0.25) is 5.02 Å². The van der Waals surface area contributed by atoms with Gasteiger partial charge in [-0.3, -0.25) is 4.99 Å². The van der Waals surface area contributed by atoms with Crippen LogP contribution in [-0.4, -0.2) is 38.1 Å². The third kappa shape index (κ3) is 4.06. The topological polar surface area (TPSA) is 36.4 Å². The second-order valence-corrected chi connectivity index (χ2v) is 6.56. The van der Waals surface area contributed by atoms with E-state index in [4.69, 9.17) is 11.6 Å². The molecule has 0 spiro atoms. The number of rotatable bonds is 6. The molecule has 1 aliphatic rings. The lowest BCUT2D eigenvalue weighted by atomic mass is 9.96. The molecule has 0 saturated heterocycles. The van der Waals surface area contributed by atoms with Crippen molar-refractivity contribution in [3.63, 3.8) is 0 Å². The van der Waals surface area contributed by atoms with Gasteiger partial charge in [0.15, 0.2) is 5.96 Å². The van der Waals surface area contributed by atoms with Gasteiger partial charge in [0.25, 0.3) is 0 Å². The molecule has 0 aliphatic heterocycles. The number of guanidine groups is 1. The largest absolute Gasteiger partial charge is 0.356 e. The third-order valence-electron chi connectivity index (χ3n) is 3.71. The van der Waals surface area contributed by atoms with E-state index >= 15 is 0 Å². The summed E-state index contributed by atoms with van der Waals surface area (Å²) in [6.07, 6.45) is 4.53. The van der Waals surface area contributed by atoms with E-state index < -0.39 is 0 Å². The molecular weight excluding hydrogens is 290 g/mol. The second kappa shape index (κ2) is 7.23. The normalized spacial score (nSPS) is 16.9. The quantitative estimate of drug-likeness (QED) is 0.482. The minimum atomic E-state index is 0.238. The maximum atomic E-state index is 6.09. The van der Waals surface area contributed by atoms with Crippen LogP contribution >= 0.6 is 23.4 Å². The van der Waals surface area contributed by atoms with Gasteiger partial charge in [-0.15, -0.1) is 0 Å². The maximum absolute atomic E-state index is 6.09. The summed E-state index contributed by atoms with van der Waals surface area (Å²) >= 11 is 7.92. The zero-order valence-electron chi connectivity index (χ0n) is 12.1. The van der Waals surface area contributed by atoms with E-state index in [1.54, 1.807) is 0 Å². The highest BCUT2D eigenvalue weighted by molar-refractivity contribution is 7.98. The molecule has 3 nitrogen and oxygen atoms in total. The first kappa shape index (κ1) is 15.5. The van der Waals surface area contributed by atoms with Gasteiger partial charge < -0.3 is 10.6 Å². The summed E-state index contributed by atoms with van der Waals surface area (Å²) in [6.45, 7) is 1.84. The Morgan fingerprint density at radius 2 is 2.20 bits per heavy atom. The average molecular weight is 312 g/mol. The number of aliphatic imine (C=N–C) groups is 1. The molecule has 1 fully saturated rings. The Bertz CT molecular complexity index is 472. The Morgan fingerprint density at radius 1 is 1.40 bits per heavy atom. The van der Waals surface area contributed by atoms with Gasteiger partial charge in [-0.1, -0.05) is 23.7 Å². The van der Waals surface area contributed by atoms with E-state index in [2.05, 4.69) is 34.0 Å². The van der Waals surface area contributed by atoms with Crippen molar-refractivity contribution in [1.82, 2.24) is 10.6 Å². The van der Waals surface area contributed by atoms with Crippen LogP contribution in [0.5, 0.6) is 0 Å². The predicted molar refractivity (Wildman–Crippen MR) is 90.1 cm³/mol. The van der Waals surface area contributed by atoms with Crippen molar-refractivity contribution >= 4 is 29.3 Å². The van der Waals surface area contributed by atoms with Gasteiger partial charge in [0, 0.05) is 36.3 Å². The van der Waals surface area contributed by atoms with Crippen molar-refractivity contribution in [2.24, 2.45) is 4.99 Å². The van der Waals surface area contributed by atoms with Crippen molar-refractivity contribution in [1.29, 1.82) is 0 Å². The zero-order chi connectivity index (χ0) is 14.4. The number of hydrogen-bond acceptors (Lipinski definition) is 2. The van der Waals surface area contributed by atoms with Gasteiger partial charge in [0.2, 0.25) is 0 Å². The second-order valence-electron chi connectivity index (χ2n) is 5.14. The smallest absolute Gasteiger partial charge is 0.191 e. The highest BCUT2D eigenvalue weighted by atomic mass is 35.5. The Kier molecular flexibility index (Phi) is 5.61. The molecule has 1 aromatic carbocycles. The fourth-order valence-corrected chi connectivity index (χ4v) is 2.78. The Hall–Kier alpha value is -0.870. The number of nitrogens with one attached hydrogen (secondary N) is 2. The highest BCUT2D eigenvalue weighted by Crippen LogP contribution is 2.48. The first-order valence-electron chi connectivity index (χ1n) is 6.90. The molecule has 2 rings (SSSR count). The fourth-order valence-electron chi connectivity index (χ4n) is 2.28. The summed E-state index contributed by atoms with van der Waals surface area (Å²) in [5.41, 5.74) is 1.57. The number of hydrogen-bond donors (Lipinski definition) is 2. The number of thioether (sulfide) groups is 1. The van der Waals surface area contributed by atoms with E-state index in [1.807, 2.05) is 30.9 Å². The highest BCUT2D eigenvalue weighted by Gasteiger charge is 2.44. The molecular formula is C15H22ClN3S. The molecule has 110 valence electrons. The molecule has 1 aliphatic carbocycles. The van der Waals surface area contributed by atoms with Crippen molar-refractivity contribution in [2.45, 2.75) is 18.3 Å². The van der Waals surface area contributed by atoms with Gasteiger partial charge in [-0.05, 0) is 36.8 Å². The van der Waals surface area contributed by atoms with Crippen molar-refractivity contribution in [2.75, 3.05) is 32.1 Å². The van der Waals surface area contributed by atoms with Crippen LogP contribution in [0.3, 0.4) is 0 Å². The standard InChI is InChI=1S/C15H22ClN3S/c1-17-14(18-8-9-20-2)19-11-15(6-7-15)12-4-3-5-13(16)10-12/h3-5,10H,6-9,11H2,1-2H3,(H2,17,18,19). The minimum Gasteiger partial charge on any atom is -0.356 e. The molecule has 0 aromatic heterocycles. The lowest BCUT2D eigenvalue weighted by Crippen LogP contribution is -2.42. The first-order chi connectivity index (χ1) is 9.70. The molecule has 0 heterocycles. The Balaban J connectivity index is 1.89. The molecule has 0 atom stereocenters. The lowest BCUT2D eigenvalue weighted by Gasteiger charge is -2.19. The van der Waals surface area contributed by atoms with Gasteiger partial charge in [-0.25, -0.2) is 0 Å². The SMILES string of the molecule is CN=C(NCCSC)NCC1(c2cccc(Cl)c2)CC1. The van der Waals surface area contributed by atoms with Crippen LogP contribution in [-0.2, 0) is 5.41 Å². The predicted octanol–water partition coefficient (Wildman–Crippen LogP) is 2.90. The van der Waals surface area contributed by atoms with E-state index in [-0.39, 0.29) is 5.41 Å². The minimum absolute atomic E-state index is 0.238. The Morgan fingerprint density at radius 3 is 2.80 bits per heavy atom. The summed E-state index contributed by atoms with van der Waals surface area (Å²) in [5, 5.41) is 7.58. The van der Waals surface area contributed by atoms with Crippen LogP contribution in [0, 0.1) is 0 Å². The van der Waals surface area contributed by atoms with Crippen LogP contribution in [0.1, 0.15) is 18.4 Å². The van der Waals surface area contributed by atoms with E-state index in [9.17, 15) is 0 Å². The van der Waals surface area contributed by atoms with Crippen LogP contribution < -0.4 is 10.6 Å². The first-order valence-corrected chi connectivity index (χ1v) is 8.67. The van der Waals surface area contributed by atoms with Crippen LogP contribution in [0.4, 0.5) is 0 Å². The van der Waals surface area contributed by atoms with E-state index in [1.165, 1.54) is 18.4 Å². The zero-order valence-corrected chi connectivity index (χ0v) is 13.7. The summed E-state index contributed by atoms with van der Waals surface area (Å²) < 4.78 is 0. The van der Waals surface area contributed by atoms with Crippen molar-refractivity contribution < 1.29 is 0 Å². The number of benzene rings is 1. The summed E-state index contributed by atoms with van der Waals surface area (Å²) in [4.78, 5) is 4.26. The maximum Gasteiger partial charge on any atom is 0.191 e. The van der Waals surface area contributed by atoms with Crippen LogP contribution in [0.25, 0.3) is 0 Å². The number of nitrogens with zero attached hydrogens (tertiary/aromatic N) is 1. The molecule has 0 radical (unpaired) electrons. The summed E-state index contributed by atoms with van der Waals surface area (Å²) in [6, 6.07) is 8.21. The van der Waals surface area contributed by atoms with Gasteiger partial charge in [0.05, 0.1) is 0 Å². The molecule has 1 saturated carbocycles. The average Bonchev–Trinajstić information content (AvgIpc) is 3.24. The molecule has 20 heavy (non-hydrogen) atoms. The monoisotopic (exact) mass is 311 g/mol. The third-order valence-corrected chi connectivity index (χ3v) is 4.55. The van der Waals surface area contributed by atoms with E-state index in [0.717, 1.165) is 29.8 Å². The Labute approximate surface area is 130 Å². The van der Waals surface area contributed by atoms with Gasteiger partial charge in [-0.2, -0.15) is 11.8 Å². The van der Waals surface area contributed by atoms with Gasteiger partial charge in [0.1, 0.15) is 0 Å². The lowest BCUT2D eigenvalue weighted by molar-refractivity contribution is 0.648. The van der Waals surface area contributed by atoms with Gasteiger partial charge >= 0.3 is 0 Å². The molecule has 0 bridgehead atoms. The van der Waals surface area contributed by atoms with Crippen LogP contribution in [0.15, 0.2) is 29.3 Å². The molecule has 0 unspecified atom stereocenters. The van der Waals surface area contributed by atoms with E-state index in [0.29, 0.717) is 0 Å². The molecule has 5 heteroatoms.